The molecule has 0 aliphatic carbocycles. The van der Waals surface area contributed by atoms with Gasteiger partial charge in [-0.3, -0.25) is 0 Å². The lowest BCUT2D eigenvalue weighted by atomic mass is 10.3. The number of nitrogens with two attached hydrogens (primary N) is 1. The molecular weight excluding hydrogens is 198 g/mol. The van der Waals surface area contributed by atoms with E-state index in [9.17, 15) is 8.42 Å². The van der Waals surface area contributed by atoms with Gasteiger partial charge in [0.2, 0.25) is 0 Å². The summed E-state index contributed by atoms with van der Waals surface area (Å²) in [5.74, 6) is -0.00227. The maximum Gasteiger partial charge on any atom is 0.183 e. The molecule has 0 heterocycles. The predicted molar refractivity (Wildman–Crippen MR) is 57.7 cm³/mol. The van der Waals surface area contributed by atoms with Crippen LogP contribution in [-0.2, 0) is 9.84 Å². The van der Waals surface area contributed by atoms with Crippen LogP contribution in [0.1, 0.15) is 6.92 Å². The van der Waals surface area contributed by atoms with E-state index in [0.717, 1.165) is 0 Å². The summed E-state index contributed by atoms with van der Waals surface area (Å²) in [4.78, 5) is 0.207. The summed E-state index contributed by atoms with van der Waals surface area (Å²) in [6.07, 6.45) is 3.30. The third kappa shape index (κ3) is 2.35. The minimum atomic E-state index is -3.26. The maximum absolute atomic E-state index is 11.7. The molecule has 0 aromatic heterocycles. The topological polar surface area (TPSA) is 60.2 Å². The van der Waals surface area contributed by atoms with Crippen LogP contribution in [-0.4, -0.2) is 14.2 Å². The Morgan fingerprint density at radius 1 is 1.36 bits per heavy atom. The van der Waals surface area contributed by atoms with E-state index in [2.05, 4.69) is 0 Å². The number of anilines is 1. The van der Waals surface area contributed by atoms with Crippen molar-refractivity contribution >= 4 is 15.5 Å². The molecule has 0 saturated carbocycles. The second kappa shape index (κ2) is 4.28. The fourth-order valence-electron chi connectivity index (χ4n) is 1.08. The van der Waals surface area contributed by atoms with Crippen LogP contribution >= 0.6 is 0 Å². The van der Waals surface area contributed by atoms with E-state index in [0.29, 0.717) is 5.69 Å². The molecule has 0 spiro atoms. The Hall–Kier alpha value is -1.29. The second-order valence-electron chi connectivity index (χ2n) is 2.89. The van der Waals surface area contributed by atoms with Crippen molar-refractivity contribution in [1.29, 1.82) is 0 Å². The first-order valence-electron chi connectivity index (χ1n) is 4.26. The Morgan fingerprint density at radius 2 is 2.00 bits per heavy atom. The van der Waals surface area contributed by atoms with Crippen molar-refractivity contribution < 1.29 is 8.42 Å². The largest absolute Gasteiger partial charge is 0.398 e. The minimum Gasteiger partial charge on any atom is -0.398 e. The van der Waals surface area contributed by atoms with Crippen molar-refractivity contribution in [1.82, 2.24) is 0 Å². The van der Waals surface area contributed by atoms with Gasteiger partial charge in [-0.1, -0.05) is 24.3 Å². The van der Waals surface area contributed by atoms with E-state index in [-0.39, 0.29) is 10.6 Å². The number of rotatable bonds is 3. The Labute approximate surface area is 84.2 Å². The molecule has 1 aromatic rings. The Kier molecular flexibility index (Phi) is 3.30. The molecule has 3 nitrogen and oxygen atoms in total. The fourth-order valence-corrected chi connectivity index (χ4v) is 2.41. The van der Waals surface area contributed by atoms with Crippen LogP contribution in [0.15, 0.2) is 41.3 Å². The molecule has 0 amide bonds. The Morgan fingerprint density at radius 3 is 2.57 bits per heavy atom. The zero-order valence-corrected chi connectivity index (χ0v) is 8.79. The van der Waals surface area contributed by atoms with Gasteiger partial charge in [-0.15, -0.1) is 0 Å². The fraction of sp³-hybridized carbons (Fsp3) is 0.200. The van der Waals surface area contributed by atoms with E-state index < -0.39 is 9.84 Å². The van der Waals surface area contributed by atoms with E-state index in [1.165, 1.54) is 6.07 Å². The summed E-state index contributed by atoms with van der Waals surface area (Å²) in [7, 11) is -3.26. The zero-order chi connectivity index (χ0) is 10.6. The average Bonchev–Trinajstić information content (AvgIpc) is 2.15. The third-order valence-corrected chi connectivity index (χ3v) is 3.48. The smallest absolute Gasteiger partial charge is 0.183 e. The van der Waals surface area contributed by atoms with Gasteiger partial charge >= 0.3 is 0 Å². The molecule has 4 heteroatoms. The molecule has 0 fully saturated rings. The highest BCUT2D eigenvalue weighted by Gasteiger charge is 2.14. The number of hydrogen-bond acceptors (Lipinski definition) is 3. The van der Waals surface area contributed by atoms with Gasteiger partial charge in [-0.05, 0) is 19.1 Å². The standard InChI is InChI=1S/C10H13NO2S/c1-2-3-8-14(12,13)10-7-5-4-6-9(10)11/h2-7H,8,11H2,1H3/b3-2+. The summed E-state index contributed by atoms with van der Waals surface area (Å²) in [5.41, 5.74) is 5.88. The zero-order valence-electron chi connectivity index (χ0n) is 7.97. The molecule has 76 valence electrons. The van der Waals surface area contributed by atoms with Crippen molar-refractivity contribution in [3.63, 3.8) is 0 Å². The first kappa shape index (κ1) is 10.8. The predicted octanol–water partition coefficient (Wildman–Crippen LogP) is 1.62. The molecule has 0 bridgehead atoms. The number of sulfone groups is 1. The van der Waals surface area contributed by atoms with Crippen LogP contribution in [0, 0.1) is 0 Å². The Balaban J connectivity index is 3.11. The molecule has 0 aliphatic rings. The SMILES string of the molecule is C/C=C/CS(=O)(=O)c1ccccc1N. The quantitative estimate of drug-likeness (QED) is 0.610. The van der Waals surface area contributed by atoms with Crippen molar-refractivity contribution in [3.8, 4) is 0 Å². The minimum absolute atomic E-state index is 0.00227. The molecule has 0 aliphatic heterocycles. The summed E-state index contributed by atoms with van der Waals surface area (Å²) < 4.78 is 23.4. The number of allylic oxidation sites excluding steroid dienone is 1. The molecule has 1 rings (SSSR count). The van der Waals surface area contributed by atoms with Gasteiger partial charge in [0.05, 0.1) is 16.3 Å². The van der Waals surface area contributed by atoms with Crippen LogP contribution in [0.2, 0.25) is 0 Å². The lowest BCUT2D eigenvalue weighted by Crippen LogP contribution is -2.07. The third-order valence-electron chi connectivity index (χ3n) is 1.81. The summed E-state index contributed by atoms with van der Waals surface area (Å²) in [5, 5.41) is 0. The first-order valence-corrected chi connectivity index (χ1v) is 5.91. The average molecular weight is 211 g/mol. The van der Waals surface area contributed by atoms with Crippen LogP contribution in [0.5, 0.6) is 0 Å². The molecule has 0 saturated heterocycles. The molecular formula is C10H13NO2S. The van der Waals surface area contributed by atoms with E-state index in [1.807, 2.05) is 0 Å². The number of nitrogen functional groups attached to an aromatic ring is 1. The lowest BCUT2D eigenvalue weighted by molar-refractivity contribution is 0.599. The summed E-state index contributed by atoms with van der Waals surface area (Å²) in [6.45, 7) is 1.78. The number of hydrogen-bond donors (Lipinski definition) is 1. The van der Waals surface area contributed by atoms with E-state index in [4.69, 9.17) is 5.73 Å². The summed E-state index contributed by atoms with van der Waals surface area (Å²) in [6, 6.07) is 6.49. The molecule has 1 aromatic carbocycles. The highest BCUT2D eigenvalue weighted by molar-refractivity contribution is 7.91. The molecule has 0 unspecified atom stereocenters. The van der Waals surface area contributed by atoms with Gasteiger partial charge < -0.3 is 5.73 Å². The molecule has 0 radical (unpaired) electrons. The maximum atomic E-state index is 11.7. The second-order valence-corrected chi connectivity index (χ2v) is 4.89. The Bertz CT molecular complexity index is 435. The van der Waals surface area contributed by atoms with E-state index in [1.54, 1.807) is 37.3 Å². The van der Waals surface area contributed by atoms with Gasteiger partial charge in [-0.2, -0.15) is 0 Å². The van der Waals surface area contributed by atoms with Crippen molar-refractivity contribution in [2.24, 2.45) is 0 Å². The molecule has 14 heavy (non-hydrogen) atoms. The summed E-state index contributed by atoms with van der Waals surface area (Å²) >= 11 is 0. The normalized spacial score (nSPS) is 12.1. The van der Waals surface area contributed by atoms with Crippen LogP contribution in [0.3, 0.4) is 0 Å². The first-order chi connectivity index (χ1) is 6.58. The van der Waals surface area contributed by atoms with Crippen molar-refractivity contribution in [2.45, 2.75) is 11.8 Å². The van der Waals surface area contributed by atoms with Crippen molar-refractivity contribution in [2.75, 3.05) is 11.5 Å². The van der Waals surface area contributed by atoms with Gasteiger partial charge in [0.25, 0.3) is 0 Å². The van der Waals surface area contributed by atoms with Crippen LogP contribution in [0.25, 0.3) is 0 Å². The monoisotopic (exact) mass is 211 g/mol. The van der Waals surface area contributed by atoms with Crippen molar-refractivity contribution in [3.05, 3.63) is 36.4 Å². The lowest BCUT2D eigenvalue weighted by Gasteiger charge is -2.04. The highest BCUT2D eigenvalue weighted by Crippen LogP contribution is 2.18. The van der Waals surface area contributed by atoms with Gasteiger partial charge in [0.15, 0.2) is 9.84 Å². The highest BCUT2D eigenvalue weighted by atomic mass is 32.2. The van der Waals surface area contributed by atoms with Crippen LogP contribution < -0.4 is 5.73 Å². The van der Waals surface area contributed by atoms with Gasteiger partial charge in [-0.25, -0.2) is 8.42 Å². The molecule has 2 N–H and O–H groups in total. The molecule has 0 atom stereocenters. The number of benzene rings is 1. The number of para-hydroxylation sites is 1. The van der Waals surface area contributed by atoms with Gasteiger partial charge in [0.1, 0.15) is 0 Å². The van der Waals surface area contributed by atoms with Crippen LogP contribution in [0.4, 0.5) is 5.69 Å². The van der Waals surface area contributed by atoms with Gasteiger partial charge in [0, 0.05) is 0 Å². The van der Waals surface area contributed by atoms with E-state index >= 15 is 0 Å².